The van der Waals surface area contributed by atoms with Crippen LogP contribution < -0.4 is 0 Å². The van der Waals surface area contributed by atoms with Crippen LogP contribution in [0, 0.1) is 20.8 Å². The number of hydrogen-bond donors (Lipinski definition) is 2. The maximum absolute atomic E-state index is 13.0. The minimum absolute atomic E-state index is 0.118. The average Bonchev–Trinajstić information content (AvgIpc) is 3.26. The van der Waals surface area contributed by atoms with Crippen molar-refractivity contribution in [3.05, 3.63) is 52.3 Å². The maximum Gasteiger partial charge on any atom is 0.340 e. The lowest BCUT2D eigenvalue weighted by molar-refractivity contribution is 0.0525. The molecule has 2 N–H and O–H groups in total. The van der Waals surface area contributed by atoms with Crippen LogP contribution in [0.15, 0.2) is 29.4 Å². The van der Waals surface area contributed by atoms with E-state index in [2.05, 4.69) is 20.2 Å². The lowest BCUT2D eigenvalue weighted by atomic mass is 10.1. The molecule has 3 aromatic rings. The summed E-state index contributed by atoms with van der Waals surface area (Å²) in [4.78, 5) is 32.6. The second kappa shape index (κ2) is 8.65. The molecule has 8 heteroatoms. The number of aromatic amines is 2. The van der Waals surface area contributed by atoms with E-state index in [1.807, 2.05) is 31.2 Å². The molecule has 0 aliphatic rings. The van der Waals surface area contributed by atoms with Gasteiger partial charge in [0, 0.05) is 11.3 Å². The largest absolute Gasteiger partial charge is 0.462 e. The molecule has 152 valence electrons. The molecule has 3 rings (SSSR count). The Hall–Kier alpha value is -2.87. The number of rotatable bonds is 7. The summed E-state index contributed by atoms with van der Waals surface area (Å²) in [5.74, 6) is 0.117. The molecule has 1 aromatic carbocycles. The Balaban J connectivity index is 1.75. The van der Waals surface area contributed by atoms with E-state index >= 15 is 0 Å². The van der Waals surface area contributed by atoms with Gasteiger partial charge in [0.25, 0.3) is 0 Å². The monoisotopic (exact) mass is 412 g/mol. The van der Waals surface area contributed by atoms with E-state index in [9.17, 15) is 9.59 Å². The molecule has 0 unspecified atom stereocenters. The Morgan fingerprint density at radius 1 is 1.17 bits per heavy atom. The van der Waals surface area contributed by atoms with Gasteiger partial charge in [-0.05, 0) is 40.2 Å². The van der Waals surface area contributed by atoms with Crippen LogP contribution in [0.2, 0.25) is 0 Å². The van der Waals surface area contributed by atoms with E-state index in [4.69, 9.17) is 4.74 Å². The molecule has 0 aliphatic heterocycles. The second-order valence-electron chi connectivity index (χ2n) is 6.80. The first-order chi connectivity index (χ1) is 13.8. The van der Waals surface area contributed by atoms with E-state index in [0.29, 0.717) is 33.5 Å². The topological polar surface area (TPSA) is 101 Å². The summed E-state index contributed by atoms with van der Waals surface area (Å²) in [5.41, 5.74) is 4.17. The molecule has 7 nitrogen and oxygen atoms in total. The number of nitrogens with one attached hydrogen (secondary N) is 2. The first-order valence-corrected chi connectivity index (χ1v) is 10.3. The van der Waals surface area contributed by atoms with Crippen molar-refractivity contribution in [2.24, 2.45) is 0 Å². The second-order valence-corrected chi connectivity index (χ2v) is 8.11. The number of aryl methyl sites for hydroxylation is 2. The quantitative estimate of drug-likeness (QED) is 0.341. The Labute approximate surface area is 173 Å². The first kappa shape index (κ1) is 20.9. The van der Waals surface area contributed by atoms with Crippen LogP contribution in [-0.2, 0) is 4.74 Å². The number of Topliss-reactive ketones (excluding diaryl/α,β-unsaturated/α-hetero) is 1. The first-order valence-electron chi connectivity index (χ1n) is 9.38. The Kier molecular flexibility index (Phi) is 6.22. The summed E-state index contributed by atoms with van der Waals surface area (Å²) < 4.78 is 5.09. The van der Waals surface area contributed by atoms with Gasteiger partial charge >= 0.3 is 5.97 Å². The van der Waals surface area contributed by atoms with E-state index in [1.165, 1.54) is 17.3 Å². The fourth-order valence-electron chi connectivity index (χ4n) is 3.06. The van der Waals surface area contributed by atoms with Gasteiger partial charge in [0.2, 0.25) is 5.16 Å². The van der Waals surface area contributed by atoms with Crippen LogP contribution in [0.4, 0.5) is 0 Å². The summed E-state index contributed by atoms with van der Waals surface area (Å²) in [6.45, 7) is 9.37. The minimum Gasteiger partial charge on any atom is -0.462 e. The molecule has 1 atom stereocenters. The fourth-order valence-corrected chi connectivity index (χ4v) is 3.84. The zero-order valence-corrected chi connectivity index (χ0v) is 17.9. The van der Waals surface area contributed by atoms with E-state index in [1.54, 1.807) is 27.7 Å². The van der Waals surface area contributed by atoms with Crippen LogP contribution in [0.5, 0.6) is 0 Å². The smallest absolute Gasteiger partial charge is 0.340 e. The van der Waals surface area contributed by atoms with E-state index in [0.717, 1.165) is 5.56 Å². The highest BCUT2D eigenvalue weighted by Gasteiger charge is 2.27. The minimum atomic E-state index is -0.427. The average molecular weight is 413 g/mol. The van der Waals surface area contributed by atoms with Crippen molar-refractivity contribution in [1.29, 1.82) is 0 Å². The normalized spacial score (nSPS) is 12.0. The summed E-state index contributed by atoms with van der Waals surface area (Å²) in [6.07, 6.45) is 0. The number of carbonyl (C=O) groups is 2. The molecule has 0 amide bonds. The maximum atomic E-state index is 13.0. The van der Waals surface area contributed by atoms with Crippen LogP contribution in [0.3, 0.4) is 0 Å². The molecular weight excluding hydrogens is 388 g/mol. The lowest BCUT2D eigenvalue weighted by Gasteiger charge is -2.07. The van der Waals surface area contributed by atoms with Crippen LogP contribution in [0.25, 0.3) is 11.4 Å². The molecule has 0 spiro atoms. The third-order valence-corrected chi connectivity index (χ3v) is 5.57. The molecule has 0 saturated heterocycles. The number of thioether (sulfide) groups is 1. The predicted molar refractivity (Wildman–Crippen MR) is 112 cm³/mol. The Morgan fingerprint density at radius 2 is 1.86 bits per heavy atom. The van der Waals surface area contributed by atoms with Crippen molar-refractivity contribution in [1.82, 2.24) is 20.2 Å². The standard InChI is InChI=1S/C21H24N4O3S/c1-6-28-20(27)16-12(3)17(22-13(16)4)18(26)14(5)29-21-23-19(24-25-21)15-9-7-11(2)8-10-15/h7-10,14,22H,6H2,1-5H3,(H,23,24,25)/t14-/m0/s1. The van der Waals surface area contributed by atoms with Gasteiger partial charge in [-0.25, -0.2) is 9.78 Å². The molecule has 0 radical (unpaired) electrons. The number of ketones is 1. The van der Waals surface area contributed by atoms with Crippen LogP contribution in [0.1, 0.15) is 51.5 Å². The predicted octanol–water partition coefficient (Wildman–Crippen LogP) is 4.27. The highest BCUT2D eigenvalue weighted by atomic mass is 32.2. The number of nitrogens with zero attached hydrogens (tertiary/aromatic N) is 2. The van der Waals surface area contributed by atoms with E-state index in [-0.39, 0.29) is 12.4 Å². The van der Waals surface area contributed by atoms with Crippen molar-refractivity contribution in [2.75, 3.05) is 6.61 Å². The molecule has 29 heavy (non-hydrogen) atoms. The van der Waals surface area contributed by atoms with Crippen molar-refractivity contribution < 1.29 is 14.3 Å². The van der Waals surface area contributed by atoms with Gasteiger partial charge in [0.1, 0.15) is 0 Å². The van der Waals surface area contributed by atoms with Gasteiger partial charge in [-0.3, -0.25) is 9.89 Å². The van der Waals surface area contributed by atoms with Crippen molar-refractivity contribution in [3.63, 3.8) is 0 Å². The summed E-state index contributed by atoms with van der Waals surface area (Å²) in [5, 5.41) is 7.20. The van der Waals surface area contributed by atoms with Gasteiger partial charge < -0.3 is 9.72 Å². The highest BCUT2D eigenvalue weighted by Crippen LogP contribution is 2.27. The number of hydrogen-bond acceptors (Lipinski definition) is 6. The lowest BCUT2D eigenvalue weighted by Crippen LogP contribution is -2.16. The molecule has 0 aliphatic carbocycles. The number of H-pyrrole nitrogens is 2. The van der Waals surface area contributed by atoms with Crippen LogP contribution in [-0.4, -0.2) is 43.8 Å². The molecular formula is C21H24N4O3S. The summed E-state index contributed by atoms with van der Waals surface area (Å²) >= 11 is 1.27. The van der Waals surface area contributed by atoms with Crippen molar-refractivity contribution in [2.45, 2.75) is 45.0 Å². The highest BCUT2D eigenvalue weighted by molar-refractivity contribution is 8.00. The molecule has 0 fully saturated rings. The number of aromatic nitrogens is 4. The third kappa shape index (κ3) is 4.42. The van der Waals surface area contributed by atoms with E-state index < -0.39 is 11.2 Å². The third-order valence-electron chi connectivity index (χ3n) is 4.60. The number of ether oxygens (including phenoxy) is 1. The summed E-state index contributed by atoms with van der Waals surface area (Å²) in [7, 11) is 0. The Bertz CT molecular complexity index is 1040. The fraction of sp³-hybridized carbons (Fsp3) is 0.333. The van der Waals surface area contributed by atoms with Gasteiger partial charge in [-0.2, -0.15) is 0 Å². The van der Waals surface area contributed by atoms with Gasteiger partial charge in [-0.1, -0.05) is 41.6 Å². The van der Waals surface area contributed by atoms with Gasteiger partial charge in [0.05, 0.1) is 23.1 Å². The number of esters is 1. The Morgan fingerprint density at radius 3 is 2.52 bits per heavy atom. The van der Waals surface area contributed by atoms with Gasteiger partial charge in [0.15, 0.2) is 11.6 Å². The SMILES string of the molecule is CCOC(=O)c1c(C)[nH]c(C(=O)[C@H](C)Sc2n[nH]c(-c3ccc(C)cc3)n2)c1C. The number of carbonyl (C=O) groups excluding carboxylic acids is 2. The molecule has 2 aromatic heterocycles. The van der Waals surface area contributed by atoms with Crippen molar-refractivity contribution >= 4 is 23.5 Å². The number of benzene rings is 1. The van der Waals surface area contributed by atoms with Gasteiger partial charge in [-0.15, -0.1) is 5.10 Å². The zero-order valence-electron chi connectivity index (χ0n) is 17.1. The zero-order chi connectivity index (χ0) is 21.1. The molecule has 0 saturated carbocycles. The van der Waals surface area contributed by atoms with Crippen LogP contribution >= 0.6 is 11.8 Å². The molecule has 2 heterocycles. The van der Waals surface area contributed by atoms with Crippen molar-refractivity contribution in [3.8, 4) is 11.4 Å². The summed E-state index contributed by atoms with van der Waals surface area (Å²) in [6, 6.07) is 7.96. The molecule has 0 bridgehead atoms.